The van der Waals surface area contributed by atoms with Crippen molar-refractivity contribution in [2.75, 3.05) is 38.0 Å². The van der Waals surface area contributed by atoms with E-state index < -0.39 is 11.9 Å². The maximum Gasteiger partial charge on any atom is 0.308 e. The molecule has 0 spiro atoms. The van der Waals surface area contributed by atoms with Crippen molar-refractivity contribution in [3.8, 4) is 0 Å². The van der Waals surface area contributed by atoms with Crippen LogP contribution >= 0.6 is 11.6 Å². The quantitative estimate of drug-likeness (QED) is 0.688. The molecule has 154 valence electrons. The minimum atomic E-state index is -0.952. The largest absolute Gasteiger partial charge is 0.481 e. The van der Waals surface area contributed by atoms with Crippen molar-refractivity contribution in [2.24, 2.45) is 5.92 Å². The van der Waals surface area contributed by atoms with Gasteiger partial charge in [-0.2, -0.15) is 0 Å². The van der Waals surface area contributed by atoms with Crippen molar-refractivity contribution in [1.29, 1.82) is 0 Å². The molecule has 29 heavy (non-hydrogen) atoms. The van der Waals surface area contributed by atoms with E-state index in [0.717, 1.165) is 38.4 Å². The van der Waals surface area contributed by atoms with Gasteiger partial charge in [0.2, 0.25) is 5.91 Å². The number of carboxylic acids is 1. The zero-order valence-electron chi connectivity index (χ0n) is 16.1. The number of anilines is 1. The van der Waals surface area contributed by atoms with Gasteiger partial charge in [0.25, 0.3) is 0 Å². The highest BCUT2D eigenvalue weighted by atomic mass is 35.5. The van der Waals surface area contributed by atoms with E-state index in [1.807, 2.05) is 18.2 Å². The number of hydrogen-bond donors (Lipinski definition) is 2. The number of amides is 1. The minimum absolute atomic E-state index is 0.0634. The third kappa shape index (κ3) is 6.81. The van der Waals surface area contributed by atoms with E-state index >= 15 is 0 Å². The zero-order valence-corrected chi connectivity index (χ0v) is 16.9. The van der Waals surface area contributed by atoms with Gasteiger partial charge in [0.05, 0.1) is 11.6 Å². The number of piperazine rings is 1. The minimum Gasteiger partial charge on any atom is -0.481 e. The SMILES string of the molecule is O=C(CC(CN1CCN(Cc2ccccn2)CC1)C(=O)O)Nc1ccc(Cl)cc1. The second-order valence-corrected chi connectivity index (χ2v) is 7.63. The number of halogens is 1. The fraction of sp³-hybridized carbons (Fsp3) is 0.381. The van der Waals surface area contributed by atoms with Gasteiger partial charge in [0.1, 0.15) is 0 Å². The van der Waals surface area contributed by atoms with Crippen molar-refractivity contribution < 1.29 is 14.7 Å². The molecular weight excluding hydrogens is 392 g/mol. The van der Waals surface area contributed by atoms with Gasteiger partial charge in [-0.3, -0.25) is 24.4 Å². The van der Waals surface area contributed by atoms with Crippen molar-refractivity contribution >= 4 is 29.2 Å². The topological polar surface area (TPSA) is 85.8 Å². The molecule has 1 atom stereocenters. The van der Waals surface area contributed by atoms with Gasteiger partial charge >= 0.3 is 5.97 Å². The molecule has 1 aromatic heterocycles. The first-order valence-electron chi connectivity index (χ1n) is 9.62. The predicted octanol–water partition coefficient (Wildman–Crippen LogP) is 2.58. The maximum atomic E-state index is 12.3. The van der Waals surface area contributed by atoms with Crippen LogP contribution in [-0.4, -0.2) is 64.5 Å². The van der Waals surface area contributed by atoms with Gasteiger partial charge < -0.3 is 10.4 Å². The summed E-state index contributed by atoms with van der Waals surface area (Å²) in [6.07, 6.45) is 1.73. The van der Waals surface area contributed by atoms with E-state index in [1.165, 1.54) is 0 Å². The molecule has 1 unspecified atom stereocenters. The second-order valence-electron chi connectivity index (χ2n) is 7.19. The monoisotopic (exact) mass is 416 g/mol. The van der Waals surface area contributed by atoms with E-state index in [-0.39, 0.29) is 12.3 Å². The molecular formula is C21H25ClN4O3. The standard InChI is InChI=1S/C21H25ClN4O3/c22-17-4-6-18(7-5-17)24-20(27)13-16(21(28)29)14-25-9-11-26(12-10-25)15-19-3-1-2-8-23-19/h1-8,16H,9-15H2,(H,24,27)(H,28,29). The molecule has 2 N–H and O–H groups in total. The van der Waals surface area contributed by atoms with Crippen LogP contribution in [0, 0.1) is 5.92 Å². The smallest absolute Gasteiger partial charge is 0.308 e. The number of aromatic nitrogens is 1. The van der Waals surface area contributed by atoms with Gasteiger partial charge in [0.15, 0.2) is 0 Å². The Hall–Kier alpha value is -2.48. The van der Waals surface area contributed by atoms with Crippen LogP contribution in [0.1, 0.15) is 12.1 Å². The molecule has 0 radical (unpaired) electrons. The summed E-state index contributed by atoms with van der Waals surface area (Å²) in [6, 6.07) is 12.6. The number of nitrogens with zero attached hydrogens (tertiary/aromatic N) is 3. The molecule has 1 saturated heterocycles. The van der Waals surface area contributed by atoms with Crippen LogP contribution in [0.4, 0.5) is 5.69 Å². The highest BCUT2D eigenvalue weighted by Gasteiger charge is 2.26. The molecule has 1 amide bonds. The second kappa shape index (κ2) is 10.3. The summed E-state index contributed by atoms with van der Waals surface area (Å²) in [6.45, 7) is 4.39. The lowest BCUT2D eigenvalue weighted by Crippen LogP contribution is -2.48. The third-order valence-electron chi connectivity index (χ3n) is 4.96. The van der Waals surface area contributed by atoms with E-state index in [0.29, 0.717) is 17.3 Å². The van der Waals surface area contributed by atoms with Crippen LogP contribution < -0.4 is 5.32 Å². The summed E-state index contributed by atoms with van der Waals surface area (Å²) >= 11 is 5.84. The van der Waals surface area contributed by atoms with Crippen LogP contribution in [0.5, 0.6) is 0 Å². The van der Waals surface area contributed by atoms with E-state index in [9.17, 15) is 14.7 Å². The van der Waals surface area contributed by atoms with Crippen molar-refractivity contribution in [2.45, 2.75) is 13.0 Å². The van der Waals surface area contributed by atoms with Crippen molar-refractivity contribution in [3.63, 3.8) is 0 Å². The Labute approximate surface area is 175 Å². The highest BCUT2D eigenvalue weighted by Crippen LogP contribution is 2.16. The summed E-state index contributed by atoms with van der Waals surface area (Å²) in [5.41, 5.74) is 1.63. The fourth-order valence-corrected chi connectivity index (χ4v) is 3.49. The number of carbonyl (C=O) groups excluding carboxylic acids is 1. The lowest BCUT2D eigenvalue weighted by molar-refractivity contribution is -0.144. The van der Waals surface area contributed by atoms with E-state index in [2.05, 4.69) is 20.1 Å². The number of rotatable bonds is 8. The van der Waals surface area contributed by atoms with Crippen LogP contribution in [0.15, 0.2) is 48.7 Å². The molecule has 8 heteroatoms. The fourth-order valence-electron chi connectivity index (χ4n) is 3.36. The molecule has 2 aromatic rings. The van der Waals surface area contributed by atoms with Crippen LogP contribution in [0.25, 0.3) is 0 Å². The Kier molecular flexibility index (Phi) is 7.57. The summed E-state index contributed by atoms with van der Waals surface area (Å²) in [5, 5.41) is 12.9. The van der Waals surface area contributed by atoms with Gasteiger partial charge in [-0.15, -0.1) is 0 Å². The number of pyridine rings is 1. The Morgan fingerprint density at radius 3 is 2.38 bits per heavy atom. The average molecular weight is 417 g/mol. The molecule has 1 aromatic carbocycles. The number of benzene rings is 1. The maximum absolute atomic E-state index is 12.3. The average Bonchev–Trinajstić information content (AvgIpc) is 2.71. The Balaban J connectivity index is 1.46. The van der Waals surface area contributed by atoms with E-state index in [4.69, 9.17) is 11.6 Å². The predicted molar refractivity (Wildman–Crippen MR) is 112 cm³/mol. The molecule has 1 aliphatic heterocycles. The Bertz CT molecular complexity index is 808. The molecule has 2 heterocycles. The number of nitrogens with one attached hydrogen (secondary N) is 1. The van der Waals surface area contributed by atoms with Crippen LogP contribution in [0.3, 0.4) is 0 Å². The molecule has 1 aliphatic rings. The van der Waals surface area contributed by atoms with Crippen molar-refractivity contribution in [1.82, 2.24) is 14.8 Å². The lowest BCUT2D eigenvalue weighted by atomic mass is 10.0. The van der Waals surface area contributed by atoms with Crippen LogP contribution in [0.2, 0.25) is 5.02 Å². The van der Waals surface area contributed by atoms with Gasteiger partial charge in [-0.1, -0.05) is 17.7 Å². The highest BCUT2D eigenvalue weighted by molar-refractivity contribution is 6.30. The Morgan fingerprint density at radius 2 is 1.76 bits per heavy atom. The molecule has 0 bridgehead atoms. The molecule has 1 fully saturated rings. The first-order valence-corrected chi connectivity index (χ1v) is 10.0. The Morgan fingerprint density at radius 1 is 1.07 bits per heavy atom. The molecule has 3 rings (SSSR count). The van der Waals surface area contributed by atoms with Crippen LogP contribution in [-0.2, 0) is 16.1 Å². The first-order chi connectivity index (χ1) is 14.0. The molecule has 7 nitrogen and oxygen atoms in total. The number of carbonyl (C=O) groups is 2. The molecule has 0 aliphatic carbocycles. The lowest BCUT2D eigenvalue weighted by Gasteiger charge is -2.35. The van der Waals surface area contributed by atoms with Gasteiger partial charge in [-0.05, 0) is 36.4 Å². The van der Waals surface area contributed by atoms with Crippen molar-refractivity contribution in [3.05, 3.63) is 59.4 Å². The van der Waals surface area contributed by atoms with Gasteiger partial charge in [-0.25, -0.2) is 0 Å². The zero-order chi connectivity index (χ0) is 20.6. The van der Waals surface area contributed by atoms with Gasteiger partial charge in [0, 0.05) is 62.6 Å². The number of hydrogen-bond acceptors (Lipinski definition) is 5. The summed E-state index contributed by atoms with van der Waals surface area (Å²) < 4.78 is 0. The summed E-state index contributed by atoms with van der Waals surface area (Å²) in [5.74, 6) is -2.01. The first kappa shape index (κ1) is 21.2. The third-order valence-corrected chi connectivity index (χ3v) is 5.22. The number of carboxylic acid groups (broad SMARTS) is 1. The summed E-state index contributed by atoms with van der Waals surface area (Å²) in [4.78, 5) is 32.7. The summed E-state index contributed by atoms with van der Waals surface area (Å²) in [7, 11) is 0. The van der Waals surface area contributed by atoms with E-state index in [1.54, 1.807) is 30.5 Å². The molecule has 0 saturated carbocycles. The normalized spacial score (nSPS) is 16.3. The number of aliphatic carboxylic acids is 1.